The molecule has 0 radical (unpaired) electrons. The van der Waals surface area contributed by atoms with Crippen molar-refractivity contribution in [3.8, 4) is 5.75 Å². The maximum atomic E-state index is 10.8. The summed E-state index contributed by atoms with van der Waals surface area (Å²) in [6.45, 7) is 0. The lowest BCUT2D eigenvalue weighted by Crippen LogP contribution is -2.33. The van der Waals surface area contributed by atoms with Gasteiger partial charge in [-0.15, -0.1) is 0 Å². The minimum absolute atomic E-state index is 0.0488. The van der Waals surface area contributed by atoms with E-state index < -0.39 is 0 Å². The molecule has 1 aliphatic carbocycles. The van der Waals surface area contributed by atoms with Crippen LogP contribution >= 0.6 is 39.1 Å². The summed E-state index contributed by atoms with van der Waals surface area (Å²) < 4.78 is 6.26. The first-order valence-corrected chi connectivity index (χ1v) is 5.94. The van der Waals surface area contributed by atoms with Gasteiger partial charge in [-0.2, -0.15) is 0 Å². The van der Waals surface area contributed by atoms with Crippen molar-refractivity contribution in [1.29, 1.82) is 0 Å². The molecule has 1 aromatic rings. The maximum Gasteiger partial charge on any atom is 0.140 e. The minimum atomic E-state index is -0.0488. The Morgan fingerprint density at radius 3 is 2.53 bits per heavy atom. The molecule has 0 aliphatic heterocycles. The highest BCUT2D eigenvalue weighted by molar-refractivity contribution is 9.10. The number of ketones is 1. The van der Waals surface area contributed by atoms with Gasteiger partial charge in [0.05, 0.1) is 10.0 Å². The number of benzene rings is 1. The van der Waals surface area contributed by atoms with Crippen molar-refractivity contribution in [2.75, 3.05) is 0 Å². The fraction of sp³-hybridized carbons (Fsp3) is 0.300. The van der Waals surface area contributed by atoms with E-state index in [4.69, 9.17) is 27.9 Å². The quantitative estimate of drug-likeness (QED) is 0.775. The smallest absolute Gasteiger partial charge is 0.140 e. The van der Waals surface area contributed by atoms with Crippen molar-refractivity contribution >= 4 is 44.9 Å². The number of hydrogen-bond donors (Lipinski definition) is 0. The molecule has 1 aliphatic rings. The van der Waals surface area contributed by atoms with Crippen LogP contribution in [0.15, 0.2) is 16.6 Å². The van der Waals surface area contributed by atoms with E-state index in [1.807, 2.05) is 0 Å². The van der Waals surface area contributed by atoms with Gasteiger partial charge in [0.15, 0.2) is 0 Å². The van der Waals surface area contributed by atoms with E-state index in [0.29, 0.717) is 28.6 Å². The topological polar surface area (TPSA) is 26.3 Å². The van der Waals surface area contributed by atoms with E-state index in [1.54, 1.807) is 12.1 Å². The minimum Gasteiger partial charge on any atom is -0.488 e. The lowest BCUT2D eigenvalue weighted by molar-refractivity contribution is -0.129. The summed E-state index contributed by atoms with van der Waals surface area (Å²) in [6.07, 6.45) is 0.876. The van der Waals surface area contributed by atoms with Crippen LogP contribution in [0.3, 0.4) is 0 Å². The molecule has 1 aromatic carbocycles. The number of rotatable bonds is 2. The van der Waals surface area contributed by atoms with E-state index in [2.05, 4.69) is 15.9 Å². The van der Waals surface area contributed by atoms with Gasteiger partial charge >= 0.3 is 0 Å². The Balaban J connectivity index is 2.14. The van der Waals surface area contributed by atoms with E-state index in [9.17, 15) is 4.79 Å². The molecule has 80 valence electrons. The fourth-order valence-electron chi connectivity index (χ4n) is 1.31. The fourth-order valence-corrected chi connectivity index (χ4v) is 2.14. The summed E-state index contributed by atoms with van der Waals surface area (Å²) in [5.74, 6) is 0.752. The number of carbonyl (C=O) groups excluding carboxylic acids is 1. The third kappa shape index (κ3) is 2.47. The second kappa shape index (κ2) is 4.32. The highest BCUT2D eigenvalue weighted by atomic mass is 79.9. The van der Waals surface area contributed by atoms with Gasteiger partial charge in [0.1, 0.15) is 17.6 Å². The molecule has 1 fully saturated rings. The van der Waals surface area contributed by atoms with Crippen LogP contribution in [0.1, 0.15) is 12.8 Å². The number of ether oxygens (including phenoxy) is 1. The predicted octanol–water partition coefficient (Wildman–Crippen LogP) is 3.87. The molecule has 0 bridgehead atoms. The van der Waals surface area contributed by atoms with Gasteiger partial charge in [0.2, 0.25) is 0 Å². The van der Waals surface area contributed by atoms with E-state index >= 15 is 0 Å². The van der Waals surface area contributed by atoms with Gasteiger partial charge in [-0.05, 0) is 22.0 Å². The summed E-state index contributed by atoms with van der Waals surface area (Å²) >= 11 is 15.1. The molecule has 15 heavy (non-hydrogen) atoms. The molecule has 0 N–H and O–H groups in total. The average Bonchev–Trinajstić information content (AvgIpc) is 2.11. The SMILES string of the molecule is O=C1CC(Oc2cc(Cl)c(Br)cc2Cl)C1. The Labute approximate surface area is 106 Å². The van der Waals surface area contributed by atoms with E-state index in [1.165, 1.54) is 0 Å². The highest BCUT2D eigenvalue weighted by Gasteiger charge is 2.28. The molecule has 1 saturated carbocycles. The molecule has 0 aromatic heterocycles. The molecular formula is C10H7BrCl2O2. The summed E-state index contributed by atoms with van der Waals surface area (Å²) in [6, 6.07) is 3.33. The average molecular weight is 310 g/mol. The van der Waals surface area contributed by atoms with Gasteiger partial charge in [0, 0.05) is 23.4 Å². The molecule has 0 amide bonds. The van der Waals surface area contributed by atoms with Crippen LogP contribution in [0.2, 0.25) is 10.0 Å². The number of Topliss-reactive ketones (excluding diaryl/α,β-unsaturated/α-hetero) is 1. The second-order valence-electron chi connectivity index (χ2n) is 3.38. The van der Waals surface area contributed by atoms with Crippen LogP contribution in [0.5, 0.6) is 5.75 Å². The van der Waals surface area contributed by atoms with Crippen LogP contribution < -0.4 is 4.74 Å². The lowest BCUT2D eigenvalue weighted by Gasteiger charge is -2.25. The largest absolute Gasteiger partial charge is 0.488 e. The predicted molar refractivity (Wildman–Crippen MR) is 62.8 cm³/mol. The Kier molecular flexibility index (Phi) is 3.24. The first-order valence-electron chi connectivity index (χ1n) is 4.39. The Morgan fingerprint density at radius 1 is 1.27 bits per heavy atom. The Morgan fingerprint density at radius 2 is 1.93 bits per heavy atom. The summed E-state index contributed by atoms with van der Waals surface area (Å²) in [4.78, 5) is 10.8. The standard InChI is InChI=1S/C10H7BrCl2O2/c11-7-3-9(13)10(4-8(7)12)15-6-1-5(14)2-6/h3-4,6H,1-2H2. The summed E-state index contributed by atoms with van der Waals surface area (Å²) in [5.41, 5.74) is 0. The molecule has 0 atom stereocenters. The van der Waals surface area contributed by atoms with Crippen molar-refractivity contribution < 1.29 is 9.53 Å². The lowest BCUT2D eigenvalue weighted by atomic mass is 9.94. The van der Waals surface area contributed by atoms with E-state index in [-0.39, 0.29) is 11.9 Å². The maximum absolute atomic E-state index is 10.8. The van der Waals surface area contributed by atoms with E-state index in [0.717, 1.165) is 4.47 Å². The first-order chi connectivity index (χ1) is 7.06. The van der Waals surface area contributed by atoms with Crippen LogP contribution in [0, 0.1) is 0 Å². The van der Waals surface area contributed by atoms with Gasteiger partial charge in [0.25, 0.3) is 0 Å². The first kappa shape index (κ1) is 11.2. The monoisotopic (exact) mass is 308 g/mol. The molecule has 2 nitrogen and oxygen atoms in total. The van der Waals surface area contributed by atoms with Crippen molar-refractivity contribution in [3.05, 3.63) is 26.7 Å². The van der Waals surface area contributed by atoms with Crippen molar-refractivity contribution in [2.45, 2.75) is 18.9 Å². The zero-order chi connectivity index (χ0) is 11.0. The normalized spacial score (nSPS) is 16.3. The molecule has 0 heterocycles. The molecular weight excluding hydrogens is 303 g/mol. The third-order valence-corrected chi connectivity index (χ3v) is 3.67. The van der Waals surface area contributed by atoms with Crippen LogP contribution in [0.25, 0.3) is 0 Å². The van der Waals surface area contributed by atoms with Gasteiger partial charge in [-0.1, -0.05) is 23.2 Å². The summed E-state index contributed by atoms with van der Waals surface area (Å²) in [5, 5.41) is 1.03. The third-order valence-electron chi connectivity index (χ3n) is 2.18. The van der Waals surface area contributed by atoms with Crippen molar-refractivity contribution in [3.63, 3.8) is 0 Å². The number of hydrogen-bond acceptors (Lipinski definition) is 2. The Bertz CT molecular complexity index is 412. The van der Waals surface area contributed by atoms with Crippen molar-refractivity contribution in [2.24, 2.45) is 0 Å². The van der Waals surface area contributed by atoms with Crippen LogP contribution in [0.4, 0.5) is 0 Å². The van der Waals surface area contributed by atoms with Crippen molar-refractivity contribution in [1.82, 2.24) is 0 Å². The molecule has 0 saturated heterocycles. The van der Waals surface area contributed by atoms with Crippen LogP contribution in [-0.4, -0.2) is 11.9 Å². The summed E-state index contributed by atoms with van der Waals surface area (Å²) in [7, 11) is 0. The second-order valence-corrected chi connectivity index (χ2v) is 5.05. The molecule has 0 unspecified atom stereocenters. The van der Waals surface area contributed by atoms with Gasteiger partial charge < -0.3 is 4.74 Å². The number of carbonyl (C=O) groups is 1. The molecule has 0 spiro atoms. The van der Waals surface area contributed by atoms with Gasteiger partial charge in [-0.25, -0.2) is 0 Å². The van der Waals surface area contributed by atoms with Gasteiger partial charge in [-0.3, -0.25) is 4.79 Å². The highest BCUT2D eigenvalue weighted by Crippen LogP contribution is 2.36. The Hall–Kier alpha value is -0.250. The number of halogens is 3. The van der Waals surface area contributed by atoms with Crippen LogP contribution in [-0.2, 0) is 4.79 Å². The molecule has 5 heteroatoms. The molecule has 2 rings (SSSR count). The zero-order valence-electron chi connectivity index (χ0n) is 7.60. The zero-order valence-corrected chi connectivity index (χ0v) is 10.7.